The average molecular weight is 368 g/mol. The molecule has 1 aliphatic rings. The standard InChI is InChI=1S/C18H25FN2O5/c1-20(2)17(23)6-7-18(24)21-9-8-14(13(22)11-21)26-15-5-4-12(19)10-16(15)25-3/h4-5,10,13-14,22H,6-9,11H2,1-3H3/t13-,14-/m1/s1. The van der Waals surface area contributed by atoms with E-state index in [4.69, 9.17) is 9.47 Å². The molecule has 0 bridgehead atoms. The summed E-state index contributed by atoms with van der Waals surface area (Å²) in [6.07, 6.45) is -0.727. The molecule has 144 valence electrons. The average Bonchev–Trinajstić information content (AvgIpc) is 2.62. The normalized spacial score (nSPS) is 19.8. The van der Waals surface area contributed by atoms with E-state index >= 15 is 0 Å². The molecule has 0 aromatic heterocycles. The Morgan fingerprint density at radius 2 is 2.04 bits per heavy atom. The van der Waals surface area contributed by atoms with Crippen LogP contribution in [0.15, 0.2) is 18.2 Å². The van der Waals surface area contributed by atoms with Crippen molar-refractivity contribution in [3.8, 4) is 11.5 Å². The topological polar surface area (TPSA) is 79.3 Å². The van der Waals surface area contributed by atoms with Crippen molar-refractivity contribution in [2.24, 2.45) is 0 Å². The number of carbonyl (C=O) groups is 2. The first-order chi connectivity index (χ1) is 12.3. The third-order valence-corrected chi connectivity index (χ3v) is 4.33. The van der Waals surface area contributed by atoms with Gasteiger partial charge < -0.3 is 24.4 Å². The van der Waals surface area contributed by atoms with E-state index in [9.17, 15) is 19.1 Å². The zero-order valence-corrected chi connectivity index (χ0v) is 15.3. The summed E-state index contributed by atoms with van der Waals surface area (Å²) in [6, 6.07) is 3.91. The molecule has 7 nitrogen and oxygen atoms in total. The van der Waals surface area contributed by atoms with Crippen LogP contribution in [-0.4, -0.2) is 73.2 Å². The van der Waals surface area contributed by atoms with E-state index in [0.717, 1.165) is 0 Å². The van der Waals surface area contributed by atoms with Gasteiger partial charge in [-0.1, -0.05) is 0 Å². The van der Waals surface area contributed by atoms with Gasteiger partial charge in [0.15, 0.2) is 11.5 Å². The fourth-order valence-electron chi connectivity index (χ4n) is 2.77. The van der Waals surface area contributed by atoms with Crippen LogP contribution in [0.25, 0.3) is 0 Å². The fourth-order valence-corrected chi connectivity index (χ4v) is 2.77. The summed E-state index contributed by atoms with van der Waals surface area (Å²) in [5.74, 6) is -0.132. The number of piperidine rings is 1. The number of carbonyl (C=O) groups excluding carboxylic acids is 2. The maximum absolute atomic E-state index is 13.3. The van der Waals surface area contributed by atoms with Crippen LogP contribution in [0.3, 0.4) is 0 Å². The van der Waals surface area contributed by atoms with E-state index in [1.165, 1.54) is 35.1 Å². The summed E-state index contributed by atoms with van der Waals surface area (Å²) in [5, 5.41) is 10.3. The molecule has 26 heavy (non-hydrogen) atoms. The van der Waals surface area contributed by atoms with Crippen LogP contribution in [0, 0.1) is 5.82 Å². The molecule has 2 amide bonds. The smallest absolute Gasteiger partial charge is 0.223 e. The molecule has 1 fully saturated rings. The summed E-state index contributed by atoms with van der Waals surface area (Å²) < 4.78 is 24.1. The molecule has 0 aliphatic carbocycles. The summed E-state index contributed by atoms with van der Waals surface area (Å²) in [7, 11) is 4.70. The van der Waals surface area contributed by atoms with Crippen LogP contribution in [-0.2, 0) is 9.59 Å². The van der Waals surface area contributed by atoms with E-state index in [0.29, 0.717) is 18.7 Å². The highest BCUT2D eigenvalue weighted by Crippen LogP contribution is 2.30. The highest BCUT2D eigenvalue weighted by molar-refractivity contribution is 5.83. The van der Waals surface area contributed by atoms with Crippen LogP contribution >= 0.6 is 0 Å². The Morgan fingerprint density at radius 3 is 2.65 bits per heavy atom. The van der Waals surface area contributed by atoms with Crippen LogP contribution in [0.5, 0.6) is 11.5 Å². The number of hydrogen-bond acceptors (Lipinski definition) is 5. The number of likely N-dealkylation sites (tertiary alicyclic amines) is 1. The van der Waals surface area contributed by atoms with Gasteiger partial charge in [0.05, 0.1) is 13.7 Å². The molecule has 1 saturated heterocycles. The van der Waals surface area contributed by atoms with Gasteiger partial charge in [-0.2, -0.15) is 0 Å². The maximum Gasteiger partial charge on any atom is 0.223 e. The quantitative estimate of drug-likeness (QED) is 0.812. The van der Waals surface area contributed by atoms with Crippen LogP contribution in [0.2, 0.25) is 0 Å². The number of rotatable bonds is 6. The Hall–Kier alpha value is -2.35. The van der Waals surface area contributed by atoms with Gasteiger partial charge in [0.25, 0.3) is 0 Å². The summed E-state index contributed by atoms with van der Waals surface area (Å²) in [4.78, 5) is 26.8. The molecule has 0 unspecified atom stereocenters. The largest absolute Gasteiger partial charge is 0.493 e. The minimum absolute atomic E-state index is 0.111. The summed E-state index contributed by atoms with van der Waals surface area (Å²) in [6.45, 7) is 0.545. The predicted molar refractivity (Wildman–Crippen MR) is 92.5 cm³/mol. The van der Waals surface area contributed by atoms with Gasteiger partial charge in [-0.25, -0.2) is 4.39 Å². The monoisotopic (exact) mass is 368 g/mol. The van der Waals surface area contributed by atoms with E-state index < -0.39 is 18.0 Å². The molecule has 1 aliphatic heterocycles. The van der Waals surface area contributed by atoms with Gasteiger partial charge in [0, 0.05) is 46.0 Å². The number of aliphatic hydroxyl groups is 1. The maximum atomic E-state index is 13.3. The van der Waals surface area contributed by atoms with E-state index in [-0.39, 0.29) is 37.0 Å². The number of ether oxygens (including phenoxy) is 2. The number of aliphatic hydroxyl groups excluding tert-OH is 1. The lowest BCUT2D eigenvalue weighted by molar-refractivity contribution is -0.140. The highest BCUT2D eigenvalue weighted by atomic mass is 19.1. The molecule has 0 saturated carbocycles. The number of methoxy groups -OCH3 is 1. The Labute approximate surface area is 152 Å². The lowest BCUT2D eigenvalue weighted by atomic mass is 10.0. The third kappa shape index (κ3) is 5.08. The zero-order valence-electron chi connectivity index (χ0n) is 15.3. The van der Waals surface area contributed by atoms with Crippen LogP contribution < -0.4 is 9.47 Å². The van der Waals surface area contributed by atoms with Gasteiger partial charge >= 0.3 is 0 Å². The summed E-state index contributed by atoms with van der Waals surface area (Å²) >= 11 is 0. The van der Waals surface area contributed by atoms with Crippen molar-refractivity contribution in [2.75, 3.05) is 34.3 Å². The number of amides is 2. The lowest BCUT2D eigenvalue weighted by Gasteiger charge is -2.36. The third-order valence-electron chi connectivity index (χ3n) is 4.33. The molecule has 1 heterocycles. The Bertz CT molecular complexity index is 652. The molecular weight excluding hydrogens is 343 g/mol. The number of halogens is 1. The van der Waals surface area contributed by atoms with Crippen molar-refractivity contribution in [3.05, 3.63) is 24.0 Å². The molecule has 1 N–H and O–H groups in total. The second-order valence-corrected chi connectivity index (χ2v) is 6.44. The first-order valence-corrected chi connectivity index (χ1v) is 8.48. The summed E-state index contributed by atoms with van der Waals surface area (Å²) in [5.41, 5.74) is 0. The number of nitrogens with zero attached hydrogens (tertiary/aromatic N) is 2. The molecule has 0 radical (unpaired) electrons. The molecule has 2 rings (SSSR count). The molecule has 8 heteroatoms. The fraction of sp³-hybridized carbons (Fsp3) is 0.556. The van der Waals surface area contributed by atoms with E-state index in [2.05, 4.69) is 0 Å². The lowest BCUT2D eigenvalue weighted by Crippen LogP contribution is -2.51. The van der Waals surface area contributed by atoms with Gasteiger partial charge in [0.2, 0.25) is 11.8 Å². The van der Waals surface area contributed by atoms with Crippen molar-refractivity contribution in [1.29, 1.82) is 0 Å². The van der Waals surface area contributed by atoms with Crippen LogP contribution in [0.4, 0.5) is 4.39 Å². The Morgan fingerprint density at radius 1 is 1.31 bits per heavy atom. The van der Waals surface area contributed by atoms with Crippen molar-refractivity contribution in [3.63, 3.8) is 0 Å². The van der Waals surface area contributed by atoms with Crippen molar-refractivity contribution < 1.29 is 28.6 Å². The predicted octanol–water partition coefficient (Wildman–Crippen LogP) is 1.04. The molecule has 1 aromatic rings. The van der Waals surface area contributed by atoms with Crippen molar-refractivity contribution >= 4 is 11.8 Å². The van der Waals surface area contributed by atoms with Gasteiger partial charge in [-0.3, -0.25) is 9.59 Å². The highest BCUT2D eigenvalue weighted by Gasteiger charge is 2.32. The Kier molecular flexibility index (Phi) is 6.79. The second kappa shape index (κ2) is 8.84. The second-order valence-electron chi connectivity index (χ2n) is 6.44. The SMILES string of the molecule is COc1cc(F)ccc1O[C@@H]1CCN(C(=O)CCC(=O)N(C)C)C[C@H]1O. The number of β-amino-alcohol motifs (C(OH)–C–C–N with tert-alkyl or cyclic N) is 1. The number of benzene rings is 1. The molecule has 2 atom stereocenters. The first kappa shape index (κ1) is 20.0. The van der Waals surface area contributed by atoms with Gasteiger partial charge in [-0.05, 0) is 12.1 Å². The van der Waals surface area contributed by atoms with Crippen LogP contribution in [0.1, 0.15) is 19.3 Å². The van der Waals surface area contributed by atoms with Crippen molar-refractivity contribution in [1.82, 2.24) is 9.80 Å². The molecular formula is C18H25FN2O5. The van der Waals surface area contributed by atoms with Gasteiger partial charge in [-0.15, -0.1) is 0 Å². The molecule has 1 aromatic carbocycles. The minimum Gasteiger partial charge on any atom is -0.493 e. The molecule has 0 spiro atoms. The Balaban J connectivity index is 1.90. The van der Waals surface area contributed by atoms with Crippen molar-refractivity contribution in [2.45, 2.75) is 31.5 Å². The minimum atomic E-state index is -0.882. The number of hydrogen-bond donors (Lipinski definition) is 1. The van der Waals surface area contributed by atoms with E-state index in [1.54, 1.807) is 14.1 Å². The zero-order chi connectivity index (χ0) is 19.3. The van der Waals surface area contributed by atoms with Gasteiger partial charge in [0.1, 0.15) is 18.0 Å². The van der Waals surface area contributed by atoms with E-state index in [1.807, 2.05) is 0 Å². The first-order valence-electron chi connectivity index (χ1n) is 8.48.